The molecule has 0 aromatic carbocycles. The number of methoxy groups -OCH3 is 1. The highest BCUT2D eigenvalue weighted by Crippen LogP contribution is 2.33. The maximum absolute atomic E-state index is 5.60. The number of hydrogen-bond donors (Lipinski definition) is 1. The molecule has 0 aromatic heterocycles. The zero-order chi connectivity index (χ0) is 14.5. The predicted molar refractivity (Wildman–Crippen MR) is 83.6 cm³/mol. The highest BCUT2D eigenvalue weighted by atomic mass is 16.6. The van der Waals surface area contributed by atoms with Crippen LogP contribution >= 0.6 is 0 Å². The van der Waals surface area contributed by atoms with E-state index in [-0.39, 0.29) is 5.41 Å². The Morgan fingerprint density at radius 3 is 2.95 bits per heavy atom. The summed E-state index contributed by atoms with van der Waals surface area (Å²) in [6.07, 6.45) is 6.28. The van der Waals surface area contributed by atoms with Crippen molar-refractivity contribution in [2.45, 2.75) is 32.1 Å². The van der Waals surface area contributed by atoms with Crippen molar-refractivity contribution < 1.29 is 9.57 Å². The summed E-state index contributed by atoms with van der Waals surface area (Å²) in [5, 5.41) is 7.89. The summed E-state index contributed by atoms with van der Waals surface area (Å²) in [5.74, 6) is 0.588. The molecule has 120 valence electrons. The second-order valence-corrected chi connectivity index (χ2v) is 6.91. The average molecular weight is 295 g/mol. The summed E-state index contributed by atoms with van der Waals surface area (Å²) in [4.78, 5) is 8.21. The van der Waals surface area contributed by atoms with Crippen molar-refractivity contribution >= 4 is 5.71 Å². The molecule has 2 fully saturated rings. The molecule has 3 rings (SSSR count). The van der Waals surface area contributed by atoms with Gasteiger partial charge in [-0.25, -0.2) is 0 Å². The molecule has 21 heavy (non-hydrogen) atoms. The van der Waals surface area contributed by atoms with E-state index in [1.807, 2.05) is 0 Å². The Labute approximate surface area is 128 Å². The van der Waals surface area contributed by atoms with Crippen LogP contribution in [-0.4, -0.2) is 63.7 Å². The van der Waals surface area contributed by atoms with Crippen molar-refractivity contribution in [3.8, 4) is 0 Å². The van der Waals surface area contributed by atoms with Crippen molar-refractivity contribution in [3.05, 3.63) is 0 Å². The zero-order valence-corrected chi connectivity index (χ0v) is 13.3. The lowest BCUT2D eigenvalue weighted by atomic mass is 9.78. The second kappa shape index (κ2) is 7.07. The van der Waals surface area contributed by atoms with Crippen LogP contribution in [0.1, 0.15) is 32.1 Å². The minimum Gasteiger partial charge on any atom is -0.395 e. The number of ether oxygens (including phenoxy) is 1. The molecule has 3 aliphatic heterocycles. The predicted octanol–water partition coefficient (Wildman–Crippen LogP) is 1.49. The van der Waals surface area contributed by atoms with E-state index in [0.29, 0.717) is 5.92 Å². The van der Waals surface area contributed by atoms with E-state index < -0.39 is 0 Å². The van der Waals surface area contributed by atoms with Gasteiger partial charge >= 0.3 is 0 Å². The highest BCUT2D eigenvalue weighted by Gasteiger charge is 2.41. The Kier molecular flexibility index (Phi) is 5.14. The van der Waals surface area contributed by atoms with Crippen LogP contribution in [0, 0.1) is 11.3 Å². The van der Waals surface area contributed by atoms with Gasteiger partial charge in [-0.1, -0.05) is 11.6 Å². The number of piperidine rings is 1. The molecular formula is C16H29N3O2. The lowest BCUT2D eigenvalue weighted by Gasteiger charge is -2.36. The first kappa shape index (κ1) is 15.3. The number of rotatable bonds is 5. The first-order valence-electron chi connectivity index (χ1n) is 8.44. The van der Waals surface area contributed by atoms with Gasteiger partial charge in [0.15, 0.2) is 0 Å². The molecule has 0 bridgehead atoms. The van der Waals surface area contributed by atoms with Gasteiger partial charge in [0.1, 0.15) is 6.61 Å². The summed E-state index contributed by atoms with van der Waals surface area (Å²) in [6.45, 7) is 7.23. The summed E-state index contributed by atoms with van der Waals surface area (Å²) in [6, 6.07) is 0. The zero-order valence-electron chi connectivity index (χ0n) is 13.3. The molecule has 2 saturated heterocycles. The average Bonchev–Trinajstić information content (AvgIpc) is 2.99. The number of oxime groups is 1. The van der Waals surface area contributed by atoms with Gasteiger partial charge in [-0.05, 0) is 45.3 Å². The van der Waals surface area contributed by atoms with E-state index >= 15 is 0 Å². The third kappa shape index (κ3) is 3.58. The number of nitrogens with one attached hydrogen (secondary N) is 1. The van der Waals surface area contributed by atoms with Gasteiger partial charge in [0.2, 0.25) is 0 Å². The topological polar surface area (TPSA) is 46.1 Å². The Morgan fingerprint density at radius 2 is 2.24 bits per heavy atom. The molecule has 0 amide bonds. The molecule has 2 atom stereocenters. The Morgan fingerprint density at radius 1 is 1.38 bits per heavy atom. The smallest absolute Gasteiger partial charge is 0.121 e. The summed E-state index contributed by atoms with van der Waals surface area (Å²) >= 11 is 0. The Hall–Kier alpha value is -0.650. The van der Waals surface area contributed by atoms with E-state index in [1.54, 1.807) is 7.11 Å². The molecule has 5 nitrogen and oxygen atoms in total. The van der Waals surface area contributed by atoms with Gasteiger partial charge < -0.3 is 19.8 Å². The largest absolute Gasteiger partial charge is 0.395 e. The van der Waals surface area contributed by atoms with Gasteiger partial charge in [0, 0.05) is 31.5 Å². The van der Waals surface area contributed by atoms with Gasteiger partial charge in [0.05, 0.1) is 12.3 Å². The molecule has 0 saturated carbocycles. The number of hydrogen-bond acceptors (Lipinski definition) is 5. The summed E-state index contributed by atoms with van der Waals surface area (Å²) in [7, 11) is 1.79. The van der Waals surface area contributed by atoms with E-state index in [1.165, 1.54) is 38.1 Å². The second-order valence-electron chi connectivity index (χ2n) is 6.91. The molecular weight excluding hydrogens is 266 g/mol. The van der Waals surface area contributed by atoms with Crippen LogP contribution in [0.15, 0.2) is 5.16 Å². The van der Waals surface area contributed by atoms with Crippen molar-refractivity contribution in [2.75, 3.05) is 53.0 Å². The lowest BCUT2D eigenvalue weighted by molar-refractivity contribution is 0.0591. The fourth-order valence-electron chi connectivity index (χ4n) is 4.00. The van der Waals surface area contributed by atoms with Gasteiger partial charge in [0.25, 0.3) is 0 Å². The normalized spacial score (nSPS) is 34.5. The standard InChI is InChI=1S/C16H29N3O2/c1-20-13-16(5-6-17-12-16)15-9-14(11-21-18-15)10-19-7-3-2-4-8-19/h14,17H,2-13H2,1H3. The van der Waals surface area contributed by atoms with E-state index in [2.05, 4.69) is 15.4 Å². The maximum atomic E-state index is 5.60. The first-order valence-corrected chi connectivity index (χ1v) is 8.44. The number of likely N-dealkylation sites (tertiary alicyclic amines) is 1. The van der Waals surface area contributed by atoms with Crippen molar-refractivity contribution in [3.63, 3.8) is 0 Å². The Balaban J connectivity index is 1.60. The molecule has 5 heteroatoms. The molecule has 0 spiro atoms. The SMILES string of the molecule is COCC1(C2=NOCC(CN3CCCCC3)C2)CCNC1. The van der Waals surface area contributed by atoms with Crippen LogP contribution in [-0.2, 0) is 9.57 Å². The van der Waals surface area contributed by atoms with Crippen LogP contribution in [0.3, 0.4) is 0 Å². The van der Waals surface area contributed by atoms with E-state index in [4.69, 9.17) is 9.57 Å². The van der Waals surface area contributed by atoms with Crippen LogP contribution in [0.4, 0.5) is 0 Å². The minimum absolute atomic E-state index is 0.0648. The van der Waals surface area contributed by atoms with Crippen molar-refractivity contribution in [1.29, 1.82) is 0 Å². The minimum atomic E-state index is 0.0648. The summed E-state index contributed by atoms with van der Waals surface area (Å²) in [5.41, 5.74) is 1.29. The maximum Gasteiger partial charge on any atom is 0.121 e. The van der Waals surface area contributed by atoms with Gasteiger partial charge in [-0.15, -0.1) is 0 Å². The fraction of sp³-hybridized carbons (Fsp3) is 0.938. The molecule has 0 radical (unpaired) electrons. The van der Waals surface area contributed by atoms with Gasteiger partial charge in [-0.2, -0.15) is 0 Å². The lowest BCUT2D eigenvalue weighted by Crippen LogP contribution is -2.43. The van der Waals surface area contributed by atoms with Crippen LogP contribution in [0.2, 0.25) is 0 Å². The molecule has 3 aliphatic rings. The molecule has 3 heterocycles. The third-order valence-electron chi connectivity index (χ3n) is 5.21. The van der Waals surface area contributed by atoms with E-state index in [0.717, 1.165) is 45.7 Å². The molecule has 0 aliphatic carbocycles. The van der Waals surface area contributed by atoms with Crippen LogP contribution < -0.4 is 5.32 Å². The highest BCUT2D eigenvalue weighted by molar-refractivity contribution is 5.91. The number of nitrogens with zero attached hydrogens (tertiary/aromatic N) is 2. The van der Waals surface area contributed by atoms with Crippen molar-refractivity contribution in [1.82, 2.24) is 10.2 Å². The molecule has 2 unspecified atom stereocenters. The fourth-order valence-corrected chi connectivity index (χ4v) is 4.00. The molecule has 0 aromatic rings. The monoisotopic (exact) mass is 295 g/mol. The van der Waals surface area contributed by atoms with E-state index in [9.17, 15) is 0 Å². The van der Waals surface area contributed by atoms with Gasteiger partial charge in [-0.3, -0.25) is 0 Å². The summed E-state index contributed by atoms with van der Waals surface area (Å²) < 4.78 is 5.48. The molecule has 1 N–H and O–H groups in total. The van der Waals surface area contributed by atoms with Crippen LogP contribution in [0.25, 0.3) is 0 Å². The van der Waals surface area contributed by atoms with Crippen molar-refractivity contribution in [2.24, 2.45) is 16.5 Å². The Bertz CT molecular complexity index is 361. The quantitative estimate of drug-likeness (QED) is 0.835. The third-order valence-corrected chi connectivity index (χ3v) is 5.21. The first-order chi connectivity index (χ1) is 10.3. The van der Waals surface area contributed by atoms with Crippen LogP contribution in [0.5, 0.6) is 0 Å².